The number of anilines is 1. The topological polar surface area (TPSA) is 38.3 Å². The number of hydrogen-bond acceptors (Lipinski definition) is 3. The Morgan fingerprint density at radius 3 is 2.50 bits per heavy atom. The van der Waals surface area contributed by atoms with E-state index >= 15 is 0 Å². The first kappa shape index (κ1) is 16.5. The molecule has 0 unspecified atom stereocenters. The largest absolute Gasteiger partial charge is 0.465 e. The van der Waals surface area contributed by atoms with Crippen LogP contribution in [0.3, 0.4) is 0 Å². The van der Waals surface area contributed by atoms with E-state index in [1.54, 1.807) is 6.07 Å². The average Bonchev–Trinajstić information content (AvgIpc) is 2.49. The summed E-state index contributed by atoms with van der Waals surface area (Å²) in [6.07, 6.45) is 9.15. The van der Waals surface area contributed by atoms with Crippen LogP contribution < -0.4 is 5.32 Å². The number of unbranched alkanes of at least 4 members (excludes halogenated alkanes) is 6. The molecule has 0 aliphatic carbocycles. The fourth-order valence-corrected chi connectivity index (χ4v) is 2.19. The van der Waals surface area contributed by atoms with Gasteiger partial charge < -0.3 is 10.1 Å². The smallest absolute Gasteiger partial charge is 0.337 e. The van der Waals surface area contributed by atoms with Crippen molar-refractivity contribution in [2.45, 2.75) is 51.9 Å². The van der Waals surface area contributed by atoms with E-state index in [9.17, 15) is 4.79 Å². The summed E-state index contributed by atoms with van der Waals surface area (Å²) in [5.74, 6) is -0.287. The van der Waals surface area contributed by atoms with Gasteiger partial charge in [0.2, 0.25) is 0 Å². The fourth-order valence-electron chi connectivity index (χ4n) is 2.19. The molecule has 0 aliphatic heterocycles. The number of benzene rings is 1. The summed E-state index contributed by atoms with van der Waals surface area (Å²) in [6.45, 7) is 3.20. The van der Waals surface area contributed by atoms with Crippen LogP contribution in [0.1, 0.15) is 62.2 Å². The van der Waals surface area contributed by atoms with Crippen molar-refractivity contribution in [3.63, 3.8) is 0 Å². The van der Waals surface area contributed by atoms with Gasteiger partial charge in [-0.25, -0.2) is 4.79 Å². The summed E-state index contributed by atoms with van der Waals surface area (Å²) in [5, 5.41) is 3.36. The van der Waals surface area contributed by atoms with Crippen molar-refractivity contribution >= 4 is 11.7 Å². The second-order valence-electron chi connectivity index (χ2n) is 5.12. The van der Waals surface area contributed by atoms with Gasteiger partial charge in [0.05, 0.1) is 12.7 Å². The van der Waals surface area contributed by atoms with Crippen LogP contribution in [-0.4, -0.2) is 19.6 Å². The lowest BCUT2D eigenvalue weighted by Crippen LogP contribution is -2.04. The number of carbonyl (C=O) groups is 1. The summed E-state index contributed by atoms with van der Waals surface area (Å²) >= 11 is 0. The number of hydrogen-bond donors (Lipinski definition) is 1. The summed E-state index contributed by atoms with van der Waals surface area (Å²) in [6, 6.07) is 7.46. The van der Waals surface area contributed by atoms with Crippen molar-refractivity contribution in [3.8, 4) is 0 Å². The van der Waals surface area contributed by atoms with Gasteiger partial charge in [0.1, 0.15) is 0 Å². The molecule has 0 aliphatic rings. The zero-order valence-electron chi connectivity index (χ0n) is 12.8. The summed E-state index contributed by atoms with van der Waals surface area (Å²) in [5.41, 5.74) is 1.58. The van der Waals surface area contributed by atoms with Crippen molar-refractivity contribution in [1.82, 2.24) is 0 Å². The highest BCUT2D eigenvalue weighted by molar-refractivity contribution is 5.90. The highest BCUT2D eigenvalue weighted by atomic mass is 16.5. The Morgan fingerprint density at radius 2 is 1.80 bits per heavy atom. The highest BCUT2D eigenvalue weighted by Crippen LogP contribution is 2.12. The molecule has 0 heterocycles. The average molecular weight is 277 g/mol. The molecule has 0 aromatic heterocycles. The van der Waals surface area contributed by atoms with Gasteiger partial charge >= 0.3 is 5.97 Å². The molecule has 0 saturated carbocycles. The molecule has 3 heteroatoms. The van der Waals surface area contributed by atoms with Gasteiger partial charge in [-0.2, -0.15) is 0 Å². The highest BCUT2D eigenvalue weighted by Gasteiger charge is 2.04. The maximum atomic E-state index is 11.4. The number of rotatable bonds is 10. The Kier molecular flexibility index (Phi) is 8.52. The predicted molar refractivity (Wildman–Crippen MR) is 84.3 cm³/mol. The first-order valence-electron chi connectivity index (χ1n) is 7.70. The second-order valence-corrected chi connectivity index (χ2v) is 5.12. The van der Waals surface area contributed by atoms with E-state index < -0.39 is 0 Å². The van der Waals surface area contributed by atoms with Crippen LogP contribution in [0.4, 0.5) is 5.69 Å². The van der Waals surface area contributed by atoms with Crippen LogP contribution in [0.5, 0.6) is 0 Å². The van der Waals surface area contributed by atoms with Crippen molar-refractivity contribution in [3.05, 3.63) is 29.8 Å². The van der Waals surface area contributed by atoms with Crippen LogP contribution in [0.15, 0.2) is 24.3 Å². The minimum Gasteiger partial charge on any atom is -0.465 e. The van der Waals surface area contributed by atoms with Crippen molar-refractivity contribution in [1.29, 1.82) is 0 Å². The zero-order chi connectivity index (χ0) is 14.6. The summed E-state index contributed by atoms with van der Waals surface area (Å²) < 4.78 is 4.71. The minimum absolute atomic E-state index is 0.287. The Labute approximate surface area is 122 Å². The molecule has 1 N–H and O–H groups in total. The lowest BCUT2D eigenvalue weighted by molar-refractivity contribution is 0.0601. The molecule has 1 aromatic carbocycles. The number of nitrogens with one attached hydrogen (secondary N) is 1. The lowest BCUT2D eigenvalue weighted by Gasteiger charge is -2.07. The molecule has 0 amide bonds. The van der Waals surface area contributed by atoms with E-state index in [4.69, 9.17) is 4.74 Å². The Balaban J connectivity index is 2.17. The standard InChI is InChI=1S/C17H27NO2/c1-3-4-5-6-7-8-9-13-18-16-12-10-11-15(14-16)17(19)20-2/h10-12,14,18H,3-9,13H2,1-2H3. The van der Waals surface area contributed by atoms with Crippen LogP contribution >= 0.6 is 0 Å². The van der Waals surface area contributed by atoms with Gasteiger partial charge in [-0.1, -0.05) is 51.5 Å². The zero-order valence-corrected chi connectivity index (χ0v) is 12.8. The van der Waals surface area contributed by atoms with Gasteiger partial charge in [-0.05, 0) is 24.6 Å². The fraction of sp³-hybridized carbons (Fsp3) is 0.588. The van der Waals surface area contributed by atoms with Crippen LogP contribution in [0.2, 0.25) is 0 Å². The van der Waals surface area contributed by atoms with Gasteiger partial charge in [0.15, 0.2) is 0 Å². The SMILES string of the molecule is CCCCCCCCCNc1cccc(C(=O)OC)c1. The van der Waals surface area contributed by atoms with Gasteiger partial charge in [0, 0.05) is 12.2 Å². The number of ether oxygens (including phenoxy) is 1. The number of esters is 1. The Morgan fingerprint density at radius 1 is 1.10 bits per heavy atom. The van der Waals surface area contributed by atoms with Crippen LogP contribution in [-0.2, 0) is 4.74 Å². The molecule has 1 aromatic rings. The molecule has 0 fully saturated rings. The molecular formula is C17H27NO2. The van der Waals surface area contributed by atoms with E-state index in [0.717, 1.165) is 12.2 Å². The number of carbonyl (C=O) groups excluding carboxylic acids is 1. The molecule has 20 heavy (non-hydrogen) atoms. The van der Waals surface area contributed by atoms with E-state index in [-0.39, 0.29) is 5.97 Å². The van der Waals surface area contributed by atoms with Gasteiger partial charge in [0.25, 0.3) is 0 Å². The minimum atomic E-state index is -0.287. The van der Waals surface area contributed by atoms with E-state index in [0.29, 0.717) is 5.56 Å². The molecule has 0 radical (unpaired) electrons. The lowest BCUT2D eigenvalue weighted by atomic mass is 10.1. The normalized spacial score (nSPS) is 10.3. The molecule has 112 valence electrons. The maximum Gasteiger partial charge on any atom is 0.337 e. The van der Waals surface area contributed by atoms with Gasteiger partial charge in [-0.3, -0.25) is 0 Å². The Bertz CT molecular complexity index is 390. The Hall–Kier alpha value is -1.51. The first-order valence-corrected chi connectivity index (χ1v) is 7.70. The quantitative estimate of drug-likeness (QED) is 0.500. The monoisotopic (exact) mass is 277 g/mol. The first-order chi connectivity index (χ1) is 9.77. The molecule has 0 bridgehead atoms. The second kappa shape index (κ2) is 10.3. The third kappa shape index (κ3) is 6.60. The summed E-state index contributed by atoms with van der Waals surface area (Å²) in [4.78, 5) is 11.4. The molecule has 0 atom stereocenters. The van der Waals surface area contributed by atoms with Crippen molar-refractivity contribution < 1.29 is 9.53 Å². The van der Waals surface area contributed by atoms with Crippen molar-refractivity contribution in [2.24, 2.45) is 0 Å². The molecule has 0 saturated heterocycles. The molecule has 1 rings (SSSR count). The van der Waals surface area contributed by atoms with Crippen LogP contribution in [0.25, 0.3) is 0 Å². The molecule has 3 nitrogen and oxygen atoms in total. The van der Waals surface area contributed by atoms with E-state index in [2.05, 4.69) is 12.2 Å². The number of methoxy groups -OCH3 is 1. The van der Waals surface area contributed by atoms with E-state index in [1.165, 1.54) is 52.1 Å². The van der Waals surface area contributed by atoms with E-state index in [1.807, 2.05) is 18.2 Å². The van der Waals surface area contributed by atoms with Crippen LogP contribution in [0, 0.1) is 0 Å². The third-order valence-corrected chi connectivity index (χ3v) is 3.39. The summed E-state index contributed by atoms with van der Waals surface area (Å²) in [7, 11) is 1.40. The van der Waals surface area contributed by atoms with Gasteiger partial charge in [-0.15, -0.1) is 0 Å². The maximum absolute atomic E-state index is 11.4. The third-order valence-electron chi connectivity index (χ3n) is 3.39. The molecular weight excluding hydrogens is 250 g/mol. The molecule has 0 spiro atoms. The predicted octanol–water partition coefficient (Wildman–Crippen LogP) is 4.64. The van der Waals surface area contributed by atoms with Crippen molar-refractivity contribution in [2.75, 3.05) is 19.0 Å².